The first-order chi connectivity index (χ1) is 14.0. The van der Waals surface area contributed by atoms with E-state index >= 15 is 0 Å². The summed E-state index contributed by atoms with van der Waals surface area (Å²) in [4.78, 5) is 9.65. The average Bonchev–Trinajstić information content (AvgIpc) is 3.09. The SMILES string of the molecule is CCNC(=NCC(C)c1c(C)noc1C)N1CCN(c2ccccc2OC)CC1.I. The molecule has 2 aromatic rings. The minimum atomic E-state index is 0. The normalized spacial score (nSPS) is 15.6. The number of benzene rings is 1. The molecule has 1 saturated heterocycles. The van der Waals surface area contributed by atoms with Gasteiger partial charge < -0.3 is 24.4 Å². The third kappa shape index (κ3) is 5.59. The molecule has 0 spiro atoms. The van der Waals surface area contributed by atoms with Gasteiger partial charge in [-0.05, 0) is 32.9 Å². The minimum absolute atomic E-state index is 0. The maximum Gasteiger partial charge on any atom is 0.194 e. The first-order valence-corrected chi connectivity index (χ1v) is 10.4. The second-order valence-corrected chi connectivity index (χ2v) is 7.48. The summed E-state index contributed by atoms with van der Waals surface area (Å²) < 4.78 is 10.8. The largest absolute Gasteiger partial charge is 0.495 e. The maximum atomic E-state index is 5.53. The fourth-order valence-electron chi connectivity index (χ4n) is 3.98. The van der Waals surface area contributed by atoms with Crippen LogP contribution in [0.5, 0.6) is 5.75 Å². The molecule has 0 saturated carbocycles. The number of nitrogens with one attached hydrogen (secondary N) is 1. The fraction of sp³-hybridized carbons (Fsp3) is 0.545. The van der Waals surface area contributed by atoms with E-state index in [9.17, 15) is 0 Å². The first-order valence-electron chi connectivity index (χ1n) is 10.4. The molecule has 0 aliphatic carbocycles. The standard InChI is InChI=1S/C22H33N5O2.HI/c1-6-23-22(24-15-16(2)21-17(3)25-29-18(21)4)27-13-11-26(12-14-27)19-9-7-8-10-20(19)28-5;/h7-10,16H,6,11-15H2,1-5H3,(H,23,24);1H. The summed E-state index contributed by atoms with van der Waals surface area (Å²) in [5, 5.41) is 7.53. The van der Waals surface area contributed by atoms with Crippen LogP contribution in [-0.4, -0.2) is 62.4 Å². The second kappa shape index (κ2) is 11.4. The Morgan fingerprint density at radius 1 is 1.23 bits per heavy atom. The summed E-state index contributed by atoms with van der Waals surface area (Å²) in [6.07, 6.45) is 0. The van der Waals surface area contributed by atoms with Crippen LogP contribution in [0.2, 0.25) is 0 Å². The van der Waals surface area contributed by atoms with Crippen molar-refractivity contribution in [3.05, 3.63) is 41.3 Å². The Balaban J connectivity index is 0.00000320. The molecule has 3 rings (SSSR count). The lowest BCUT2D eigenvalue weighted by atomic mass is 10.00. The summed E-state index contributed by atoms with van der Waals surface area (Å²) in [7, 11) is 1.73. The van der Waals surface area contributed by atoms with Gasteiger partial charge in [0, 0.05) is 50.7 Å². The number of halogens is 1. The van der Waals surface area contributed by atoms with Gasteiger partial charge in [0.1, 0.15) is 11.5 Å². The molecule has 1 aliphatic heterocycles. The zero-order chi connectivity index (χ0) is 20.8. The second-order valence-electron chi connectivity index (χ2n) is 7.48. The van der Waals surface area contributed by atoms with Gasteiger partial charge in [-0.1, -0.05) is 24.2 Å². The molecule has 1 aromatic heterocycles. The average molecular weight is 527 g/mol. The molecule has 0 radical (unpaired) electrons. The van der Waals surface area contributed by atoms with Crippen LogP contribution in [0.4, 0.5) is 5.69 Å². The van der Waals surface area contributed by atoms with Gasteiger partial charge in [-0.2, -0.15) is 0 Å². The first kappa shape index (κ1) is 24.3. The number of aliphatic imine (C=N–C) groups is 1. The van der Waals surface area contributed by atoms with E-state index in [1.165, 1.54) is 5.56 Å². The highest BCUT2D eigenvalue weighted by Crippen LogP contribution is 2.28. The topological polar surface area (TPSA) is 66.1 Å². The van der Waals surface area contributed by atoms with E-state index in [0.29, 0.717) is 6.54 Å². The van der Waals surface area contributed by atoms with Crippen molar-refractivity contribution in [3.8, 4) is 5.75 Å². The van der Waals surface area contributed by atoms with Crippen LogP contribution in [0, 0.1) is 13.8 Å². The third-order valence-corrected chi connectivity index (χ3v) is 5.44. The summed E-state index contributed by atoms with van der Waals surface area (Å²) in [6.45, 7) is 13.5. The number of aryl methyl sites for hydroxylation is 2. The van der Waals surface area contributed by atoms with Gasteiger partial charge in [0.05, 0.1) is 18.5 Å². The lowest BCUT2D eigenvalue weighted by Crippen LogP contribution is -2.52. The fourth-order valence-corrected chi connectivity index (χ4v) is 3.98. The van der Waals surface area contributed by atoms with E-state index in [4.69, 9.17) is 14.3 Å². The highest BCUT2D eigenvalue weighted by molar-refractivity contribution is 14.0. The van der Waals surface area contributed by atoms with E-state index in [-0.39, 0.29) is 29.9 Å². The predicted molar refractivity (Wildman–Crippen MR) is 133 cm³/mol. The molecular formula is C22H34IN5O2. The van der Waals surface area contributed by atoms with Crippen LogP contribution in [0.25, 0.3) is 0 Å². The molecule has 0 bridgehead atoms. The molecule has 166 valence electrons. The Morgan fingerprint density at radius 2 is 1.93 bits per heavy atom. The van der Waals surface area contributed by atoms with Crippen molar-refractivity contribution in [1.82, 2.24) is 15.4 Å². The van der Waals surface area contributed by atoms with Crippen molar-refractivity contribution < 1.29 is 9.26 Å². The Morgan fingerprint density at radius 3 is 2.53 bits per heavy atom. The van der Waals surface area contributed by atoms with Crippen molar-refractivity contribution >= 4 is 35.6 Å². The van der Waals surface area contributed by atoms with Crippen LogP contribution < -0.4 is 15.0 Å². The predicted octanol–water partition coefficient (Wildman–Crippen LogP) is 3.81. The van der Waals surface area contributed by atoms with E-state index < -0.39 is 0 Å². The number of methoxy groups -OCH3 is 1. The Kier molecular flexibility index (Phi) is 9.26. The van der Waals surface area contributed by atoms with Crippen molar-refractivity contribution in [2.75, 3.05) is 51.3 Å². The smallest absolute Gasteiger partial charge is 0.194 e. The number of hydrogen-bond acceptors (Lipinski definition) is 5. The number of para-hydroxylation sites is 2. The molecule has 1 atom stereocenters. The van der Waals surface area contributed by atoms with Crippen molar-refractivity contribution in [2.24, 2.45) is 4.99 Å². The van der Waals surface area contributed by atoms with Gasteiger partial charge in [-0.25, -0.2) is 0 Å². The lowest BCUT2D eigenvalue weighted by molar-refractivity contribution is 0.366. The van der Waals surface area contributed by atoms with E-state index in [1.807, 2.05) is 26.0 Å². The van der Waals surface area contributed by atoms with Gasteiger partial charge in [0.2, 0.25) is 0 Å². The summed E-state index contributed by atoms with van der Waals surface area (Å²) in [5.74, 6) is 3.06. The van der Waals surface area contributed by atoms with Gasteiger partial charge >= 0.3 is 0 Å². The van der Waals surface area contributed by atoms with Crippen LogP contribution in [0.1, 0.15) is 36.8 Å². The van der Waals surface area contributed by atoms with E-state index in [2.05, 4.69) is 46.3 Å². The Labute approximate surface area is 196 Å². The minimum Gasteiger partial charge on any atom is -0.495 e. The molecule has 1 aromatic carbocycles. The number of aromatic nitrogens is 1. The zero-order valence-electron chi connectivity index (χ0n) is 18.6. The Hall–Kier alpha value is -1.97. The highest BCUT2D eigenvalue weighted by Gasteiger charge is 2.22. The molecule has 30 heavy (non-hydrogen) atoms. The number of nitrogens with zero attached hydrogens (tertiary/aromatic N) is 4. The highest BCUT2D eigenvalue weighted by atomic mass is 127. The van der Waals surface area contributed by atoms with Crippen molar-refractivity contribution in [2.45, 2.75) is 33.6 Å². The molecule has 0 amide bonds. The molecule has 8 heteroatoms. The third-order valence-electron chi connectivity index (χ3n) is 5.44. The number of hydrogen-bond donors (Lipinski definition) is 1. The van der Waals surface area contributed by atoms with Gasteiger partial charge in [-0.3, -0.25) is 4.99 Å². The quantitative estimate of drug-likeness (QED) is 0.350. The molecule has 2 heterocycles. The van der Waals surface area contributed by atoms with Gasteiger partial charge in [0.25, 0.3) is 0 Å². The van der Waals surface area contributed by atoms with Gasteiger partial charge in [0.15, 0.2) is 5.96 Å². The van der Waals surface area contributed by atoms with Crippen molar-refractivity contribution in [1.29, 1.82) is 0 Å². The molecule has 1 fully saturated rings. The molecule has 1 aliphatic rings. The van der Waals surface area contributed by atoms with Crippen LogP contribution >= 0.6 is 24.0 Å². The van der Waals surface area contributed by atoms with Gasteiger partial charge in [-0.15, -0.1) is 24.0 Å². The molecular weight excluding hydrogens is 493 g/mol. The summed E-state index contributed by atoms with van der Waals surface area (Å²) in [6, 6.07) is 8.21. The summed E-state index contributed by atoms with van der Waals surface area (Å²) in [5.41, 5.74) is 3.29. The monoisotopic (exact) mass is 527 g/mol. The number of guanidine groups is 1. The van der Waals surface area contributed by atoms with Crippen LogP contribution in [0.3, 0.4) is 0 Å². The van der Waals surface area contributed by atoms with Crippen molar-refractivity contribution in [3.63, 3.8) is 0 Å². The lowest BCUT2D eigenvalue weighted by Gasteiger charge is -2.38. The van der Waals surface area contributed by atoms with Crippen LogP contribution in [-0.2, 0) is 0 Å². The summed E-state index contributed by atoms with van der Waals surface area (Å²) >= 11 is 0. The molecule has 7 nitrogen and oxygen atoms in total. The number of anilines is 1. The Bertz CT molecular complexity index is 811. The maximum absolute atomic E-state index is 5.53. The number of piperazine rings is 1. The molecule has 1 unspecified atom stereocenters. The number of rotatable bonds is 6. The molecule has 1 N–H and O–H groups in total. The van der Waals surface area contributed by atoms with E-state index in [1.54, 1.807) is 7.11 Å². The zero-order valence-corrected chi connectivity index (χ0v) is 21.0. The number of ether oxygens (including phenoxy) is 1. The van der Waals surface area contributed by atoms with Crippen LogP contribution in [0.15, 0.2) is 33.8 Å². The van der Waals surface area contributed by atoms with E-state index in [0.717, 1.165) is 61.6 Å².